The quantitative estimate of drug-likeness (QED) is 0.671. The number of carboxylic acid groups (broad SMARTS) is 1. The first-order chi connectivity index (χ1) is 14.0. The van der Waals surface area contributed by atoms with E-state index in [1.165, 1.54) is 24.8 Å². The lowest BCUT2D eigenvalue weighted by molar-refractivity contribution is -0.141. The first-order valence-corrected chi connectivity index (χ1v) is 10.5. The molecule has 1 heterocycles. The third kappa shape index (κ3) is 6.77. The van der Waals surface area contributed by atoms with Gasteiger partial charge in [-0.1, -0.05) is 38.3 Å². The average Bonchev–Trinajstić information content (AvgIpc) is 3.56. The van der Waals surface area contributed by atoms with E-state index in [1.54, 1.807) is 20.2 Å². The SMILES string of the molecule is C1CC1.COc1cc(C2CC(COc3cccc(CC(C)C(=O)O)c3)C2)ccn1. The molecule has 2 aliphatic carbocycles. The van der Waals surface area contributed by atoms with Crippen LogP contribution in [0.2, 0.25) is 0 Å². The summed E-state index contributed by atoms with van der Waals surface area (Å²) in [5.74, 6) is 1.40. The van der Waals surface area contributed by atoms with Gasteiger partial charge >= 0.3 is 5.97 Å². The number of aliphatic carboxylic acids is 1. The fraction of sp³-hybridized carbons (Fsp3) is 0.500. The van der Waals surface area contributed by atoms with Gasteiger partial charge in [0.2, 0.25) is 5.88 Å². The molecule has 5 heteroatoms. The van der Waals surface area contributed by atoms with Crippen LogP contribution < -0.4 is 9.47 Å². The summed E-state index contributed by atoms with van der Waals surface area (Å²) in [6, 6.07) is 11.8. The van der Waals surface area contributed by atoms with E-state index in [4.69, 9.17) is 14.6 Å². The maximum Gasteiger partial charge on any atom is 0.306 e. The van der Waals surface area contributed by atoms with E-state index < -0.39 is 11.9 Å². The van der Waals surface area contributed by atoms with Gasteiger partial charge < -0.3 is 14.6 Å². The molecule has 1 unspecified atom stereocenters. The van der Waals surface area contributed by atoms with Crippen molar-refractivity contribution in [2.45, 2.75) is 51.4 Å². The number of hydrogen-bond donors (Lipinski definition) is 1. The van der Waals surface area contributed by atoms with Crippen molar-refractivity contribution in [2.24, 2.45) is 11.8 Å². The molecule has 29 heavy (non-hydrogen) atoms. The molecule has 1 aromatic carbocycles. The Balaban J connectivity index is 0.000000732. The second kappa shape index (κ2) is 10.3. The number of aromatic nitrogens is 1. The molecule has 2 aromatic rings. The van der Waals surface area contributed by atoms with Crippen molar-refractivity contribution in [3.63, 3.8) is 0 Å². The maximum atomic E-state index is 11.0. The maximum absolute atomic E-state index is 11.0. The van der Waals surface area contributed by atoms with Gasteiger partial charge in [-0.2, -0.15) is 0 Å². The molecular weight excluding hydrogens is 366 g/mol. The molecule has 0 aliphatic heterocycles. The second-order valence-electron chi connectivity index (χ2n) is 8.13. The predicted molar refractivity (Wildman–Crippen MR) is 113 cm³/mol. The molecule has 1 N–H and O–H groups in total. The highest BCUT2D eigenvalue weighted by atomic mass is 16.5. The first kappa shape index (κ1) is 21.2. The summed E-state index contributed by atoms with van der Waals surface area (Å²) in [4.78, 5) is 15.1. The predicted octanol–water partition coefficient (Wildman–Crippen LogP) is 5.10. The largest absolute Gasteiger partial charge is 0.493 e. The van der Waals surface area contributed by atoms with Gasteiger partial charge in [-0.3, -0.25) is 4.79 Å². The number of carboxylic acids is 1. The summed E-state index contributed by atoms with van der Waals surface area (Å²) in [6.45, 7) is 2.41. The standard InChI is InChI=1S/C21H25NO4.C3H6/c1-14(21(23)24)8-15-4-3-5-19(11-15)26-13-16-9-18(10-16)17-6-7-22-20(12-17)25-2;1-2-3-1/h3-7,11-12,14,16,18H,8-10,13H2,1-2H3,(H,23,24);1-3H2. The number of nitrogens with zero attached hydrogens (tertiary/aromatic N) is 1. The van der Waals surface area contributed by atoms with Crippen molar-refractivity contribution >= 4 is 5.97 Å². The summed E-state index contributed by atoms with van der Waals surface area (Å²) in [5.41, 5.74) is 2.27. The van der Waals surface area contributed by atoms with E-state index in [-0.39, 0.29) is 0 Å². The zero-order valence-corrected chi connectivity index (χ0v) is 17.3. The summed E-state index contributed by atoms with van der Waals surface area (Å²) in [6.07, 6.45) is 9.01. The molecule has 0 amide bonds. The highest BCUT2D eigenvalue weighted by Gasteiger charge is 2.31. The van der Waals surface area contributed by atoms with Gasteiger partial charge in [-0.05, 0) is 60.4 Å². The van der Waals surface area contributed by atoms with E-state index in [0.29, 0.717) is 30.7 Å². The molecule has 0 saturated heterocycles. The molecule has 0 radical (unpaired) electrons. The molecule has 1 atom stereocenters. The van der Waals surface area contributed by atoms with Gasteiger partial charge in [0.15, 0.2) is 0 Å². The minimum Gasteiger partial charge on any atom is -0.493 e. The second-order valence-corrected chi connectivity index (χ2v) is 8.13. The molecule has 5 nitrogen and oxygen atoms in total. The average molecular weight is 398 g/mol. The smallest absolute Gasteiger partial charge is 0.306 e. The molecule has 0 spiro atoms. The molecule has 156 valence electrons. The Morgan fingerprint density at radius 3 is 2.62 bits per heavy atom. The molecule has 2 aliphatic rings. The van der Waals surface area contributed by atoms with Crippen molar-refractivity contribution in [3.8, 4) is 11.6 Å². The van der Waals surface area contributed by atoms with E-state index in [2.05, 4.69) is 11.1 Å². The number of rotatable bonds is 8. The van der Waals surface area contributed by atoms with Gasteiger partial charge in [-0.25, -0.2) is 4.98 Å². The van der Waals surface area contributed by atoms with Crippen molar-refractivity contribution < 1.29 is 19.4 Å². The van der Waals surface area contributed by atoms with Crippen molar-refractivity contribution in [1.82, 2.24) is 4.98 Å². The fourth-order valence-electron chi connectivity index (χ4n) is 3.35. The van der Waals surface area contributed by atoms with Crippen molar-refractivity contribution in [3.05, 3.63) is 53.7 Å². The zero-order chi connectivity index (χ0) is 20.6. The van der Waals surface area contributed by atoms with Crippen LogP contribution in [0.1, 0.15) is 56.1 Å². The summed E-state index contributed by atoms with van der Waals surface area (Å²) in [7, 11) is 1.63. The molecule has 0 bridgehead atoms. The normalized spacial score (nSPS) is 20.5. The van der Waals surface area contributed by atoms with Gasteiger partial charge in [0.25, 0.3) is 0 Å². The summed E-state index contributed by atoms with van der Waals surface area (Å²) >= 11 is 0. The van der Waals surface area contributed by atoms with Crippen LogP contribution >= 0.6 is 0 Å². The lowest BCUT2D eigenvalue weighted by Gasteiger charge is -2.35. The van der Waals surface area contributed by atoms with Crippen LogP contribution in [0.25, 0.3) is 0 Å². The van der Waals surface area contributed by atoms with Crippen LogP contribution in [0.3, 0.4) is 0 Å². The Morgan fingerprint density at radius 2 is 1.97 bits per heavy atom. The Bertz CT molecular complexity index is 796. The van der Waals surface area contributed by atoms with Crippen molar-refractivity contribution in [1.29, 1.82) is 0 Å². The van der Waals surface area contributed by atoms with Gasteiger partial charge in [0, 0.05) is 12.3 Å². The summed E-state index contributed by atoms with van der Waals surface area (Å²) < 4.78 is 11.1. The highest BCUT2D eigenvalue weighted by molar-refractivity contribution is 5.69. The van der Waals surface area contributed by atoms with Crippen LogP contribution in [0.4, 0.5) is 0 Å². The highest BCUT2D eigenvalue weighted by Crippen LogP contribution is 2.42. The lowest BCUT2D eigenvalue weighted by Crippen LogP contribution is -2.27. The zero-order valence-electron chi connectivity index (χ0n) is 17.3. The number of pyridine rings is 1. The lowest BCUT2D eigenvalue weighted by atomic mass is 9.72. The van der Waals surface area contributed by atoms with Gasteiger partial charge in [0.1, 0.15) is 5.75 Å². The molecule has 2 fully saturated rings. The van der Waals surface area contributed by atoms with Gasteiger partial charge in [-0.15, -0.1) is 0 Å². The van der Waals surface area contributed by atoms with Crippen molar-refractivity contribution in [2.75, 3.05) is 13.7 Å². The third-order valence-corrected chi connectivity index (χ3v) is 5.38. The number of benzene rings is 1. The molecular formula is C24H31NO4. The molecule has 2 saturated carbocycles. The first-order valence-electron chi connectivity index (χ1n) is 10.5. The van der Waals surface area contributed by atoms with Crippen LogP contribution in [0.5, 0.6) is 11.6 Å². The molecule has 1 aromatic heterocycles. The monoisotopic (exact) mass is 397 g/mol. The summed E-state index contributed by atoms with van der Waals surface area (Å²) in [5, 5.41) is 9.04. The van der Waals surface area contributed by atoms with Crippen LogP contribution in [0.15, 0.2) is 42.6 Å². The number of hydrogen-bond acceptors (Lipinski definition) is 4. The Morgan fingerprint density at radius 1 is 1.21 bits per heavy atom. The van der Waals surface area contributed by atoms with Gasteiger partial charge in [0.05, 0.1) is 19.6 Å². The number of carbonyl (C=O) groups is 1. The Kier molecular flexibility index (Phi) is 7.50. The van der Waals surface area contributed by atoms with E-state index in [1.807, 2.05) is 30.3 Å². The van der Waals surface area contributed by atoms with E-state index in [9.17, 15) is 4.79 Å². The molecule has 4 rings (SSSR count). The number of ether oxygens (including phenoxy) is 2. The topological polar surface area (TPSA) is 68.7 Å². The minimum absolute atomic E-state index is 0.394. The van der Waals surface area contributed by atoms with Crippen LogP contribution in [-0.2, 0) is 11.2 Å². The number of methoxy groups -OCH3 is 1. The van der Waals surface area contributed by atoms with Crippen LogP contribution in [-0.4, -0.2) is 29.8 Å². The fourth-order valence-corrected chi connectivity index (χ4v) is 3.35. The van der Waals surface area contributed by atoms with Crippen LogP contribution in [0, 0.1) is 11.8 Å². The van der Waals surface area contributed by atoms with E-state index in [0.717, 1.165) is 24.2 Å². The third-order valence-electron chi connectivity index (χ3n) is 5.38. The Labute approximate surface area is 173 Å². The van der Waals surface area contributed by atoms with E-state index >= 15 is 0 Å². The Hall–Kier alpha value is -2.56. The minimum atomic E-state index is -0.774.